The van der Waals surface area contributed by atoms with Gasteiger partial charge in [0.1, 0.15) is 11.5 Å². The Kier molecular flexibility index (Phi) is 6.67. The first-order valence-electron chi connectivity index (χ1n) is 7.92. The first kappa shape index (κ1) is 18.3. The Morgan fingerprint density at radius 3 is 2.75 bits per heavy atom. The number of ether oxygens (including phenoxy) is 2. The standard InChI is InChI=1S/C19H22BrNO3/c1-4-23-16-7-5-6-15(11-16)12-21-19(22)14(3)24-18-9-8-13(2)10-17(18)20/h5-11,14H,4,12H2,1-3H3,(H,21,22). The first-order chi connectivity index (χ1) is 11.5. The van der Waals surface area contributed by atoms with E-state index in [1.54, 1.807) is 6.92 Å². The van der Waals surface area contributed by atoms with Gasteiger partial charge in [0, 0.05) is 6.54 Å². The molecule has 24 heavy (non-hydrogen) atoms. The molecule has 0 saturated heterocycles. The summed E-state index contributed by atoms with van der Waals surface area (Å²) in [5, 5.41) is 2.88. The van der Waals surface area contributed by atoms with Crippen molar-refractivity contribution in [3.63, 3.8) is 0 Å². The lowest BCUT2D eigenvalue weighted by Gasteiger charge is -2.16. The van der Waals surface area contributed by atoms with Crippen molar-refractivity contribution in [3.05, 3.63) is 58.1 Å². The van der Waals surface area contributed by atoms with Crippen molar-refractivity contribution in [3.8, 4) is 11.5 Å². The van der Waals surface area contributed by atoms with E-state index in [1.165, 1.54) is 0 Å². The van der Waals surface area contributed by atoms with Crippen molar-refractivity contribution in [2.24, 2.45) is 0 Å². The first-order valence-corrected chi connectivity index (χ1v) is 8.71. The number of hydrogen-bond donors (Lipinski definition) is 1. The van der Waals surface area contributed by atoms with Crippen molar-refractivity contribution in [2.45, 2.75) is 33.4 Å². The lowest BCUT2D eigenvalue weighted by Crippen LogP contribution is -2.35. The van der Waals surface area contributed by atoms with Crippen LogP contribution in [0.25, 0.3) is 0 Å². The molecule has 2 aromatic carbocycles. The van der Waals surface area contributed by atoms with Crippen molar-refractivity contribution in [2.75, 3.05) is 6.61 Å². The number of carbonyl (C=O) groups is 1. The summed E-state index contributed by atoms with van der Waals surface area (Å²) in [5.74, 6) is 1.29. The van der Waals surface area contributed by atoms with E-state index in [1.807, 2.05) is 56.3 Å². The molecule has 1 atom stereocenters. The Balaban J connectivity index is 1.90. The summed E-state index contributed by atoms with van der Waals surface area (Å²) in [7, 11) is 0. The number of hydrogen-bond acceptors (Lipinski definition) is 3. The summed E-state index contributed by atoms with van der Waals surface area (Å²) >= 11 is 3.45. The predicted molar refractivity (Wildman–Crippen MR) is 98.4 cm³/mol. The van der Waals surface area contributed by atoms with Gasteiger partial charge in [0.25, 0.3) is 5.91 Å². The highest BCUT2D eigenvalue weighted by molar-refractivity contribution is 9.10. The lowest BCUT2D eigenvalue weighted by atomic mass is 10.2. The molecule has 0 spiro atoms. The third-order valence-electron chi connectivity index (χ3n) is 3.44. The van der Waals surface area contributed by atoms with Crippen LogP contribution in [0.1, 0.15) is 25.0 Å². The van der Waals surface area contributed by atoms with Crippen LogP contribution in [-0.4, -0.2) is 18.6 Å². The van der Waals surface area contributed by atoms with Crippen LogP contribution in [0.3, 0.4) is 0 Å². The van der Waals surface area contributed by atoms with Gasteiger partial charge in [0.05, 0.1) is 11.1 Å². The number of rotatable bonds is 7. The van der Waals surface area contributed by atoms with E-state index >= 15 is 0 Å². The van der Waals surface area contributed by atoms with E-state index in [2.05, 4.69) is 21.2 Å². The van der Waals surface area contributed by atoms with E-state index in [-0.39, 0.29) is 5.91 Å². The number of halogens is 1. The molecule has 0 radical (unpaired) electrons. The normalized spacial score (nSPS) is 11.7. The highest BCUT2D eigenvalue weighted by Crippen LogP contribution is 2.26. The van der Waals surface area contributed by atoms with Gasteiger partial charge in [-0.3, -0.25) is 4.79 Å². The summed E-state index contributed by atoms with van der Waals surface area (Å²) in [5.41, 5.74) is 2.11. The molecule has 2 aromatic rings. The second-order valence-corrected chi connectivity index (χ2v) is 6.35. The lowest BCUT2D eigenvalue weighted by molar-refractivity contribution is -0.127. The zero-order valence-corrected chi connectivity index (χ0v) is 15.7. The smallest absolute Gasteiger partial charge is 0.261 e. The Labute approximate surface area is 151 Å². The minimum atomic E-state index is -0.584. The van der Waals surface area contributed by atoms with Crippen molar-refractivity contribution in [1.82, 2.24) is 5.32 Å². The fraction of sp³-hybridized carbons (Fsp3) is 0.316. The Bertz CT molecular complexity index is 703. The van der Waals surface area contributed by atoms with Gasteiger partial charge in [-0.2, -0.15) is 0 Å². The van der Waals surface area contributed by atoms with Gasteiger partial charge in [0.15, 0.2) is 6.10 Å². The fourth-order valence-electron chi connectivity index (χ4n) is 2.19. The van der Waals surface area contributed by atoms with Gasteiger partial charge in [-0.15, -0.1) is 0 Å². The summed E-state index contributed by atoms with van der Waals surface area (Å²) in [6.07, 6.45) is -0.584. The van der Waals surface area contributed by atoms with Crippen LogP contribution in [0.4, 0.5) is 0 Å². The van der Waals surface area contributed by atoms with E-state index in [9.17, 15) is 4.79 Å². The van der Waals surface area contributed by atoms with E-state index in [4.69, 9.17) is 9.47 Å². The highest BCUT2D eigenvalue weighted by atomic mass is 79.9. The quantitative estimate of drug-likeness (QED) is 0.767. The Morgan fingerprint density at radius 1 is 1.25 bits per heavy atom. The molecule has 0 aliphatic rings. The van der Waals surface area contributed by atoms with Crippen molar-refractivity contribution < 1.29 is 14.3 Å². The van der Waals surface area contributed by atoms with E-state index in [0.29, 0.717) is 18.9 Å². The molecule has 0 fully saturated rings. The van der Waals surface area contributed by atoms with Gasteiger partial charge in [0.2, 0.25) is 0 Å². The number of nitrogens with one attached hydrogen (secondary N) is 1. The van der Waals surface area contributed by atoms with Gasteiger partial charge in [-0.25, -0.2) is 0 Å². The average molecular weight is 392 g/mol. The Morgan fingerprint density at radius 2 is 2.04 bits per heavy atom. The molecule has 128 valence electrons. The summed E-state index contributed by atoms with van der Waals surface area (Å²) in [6, 6.07) is 13.4. The highest BCUT2D eigenvalue weighted by Gasteiger charge is 2.15. The van der Waals surface area contributed by atoms with Gasteiger partial charge in [-0.1, -0.05) is 18.2 Å². The molecular formula is C19H22BrNO3. The molecule has 0 aromatic heterocycles. The van der Waals surface area contributed by atoms with E-state index in [0.717, 1.165) is 21.3 Å². The number of benzene rings is 2. The molecule has 2 rings (SSSR count). The second kappa shape index (κ2) is 8.73. The maximum absolute atomic E-state index is 12.2. The van der Waals surface area contributed by atoms with Crippen LogP contribution in [0.5, 0.6) is 11.5 Å². The minimum Gasteiger partial charge on any atom is -0.494 e. The summed E-state index contributed by atoms with van der Waals surface area (Å²) < 4.78 is 12.0. The average Bonchev–Trinajstić information content (AvgIpc) is 2.56. The molecule has 0 aliphatic heterocycles. The van der Waals surface area contributed by atoms with Gasteiger partial charge < -0.3 is 14.8 Å². The number of carbonyl (C=O) groups excluding carboxylic acids is 1. The summed E-state index contributed by atoms with van der Waals surface area (Å²) in [4.78, 5) is 12.2. The van der Waals surface area contributed by atoms with Crippen molar-refractivity contribution >= 4 is 21.8 Å². The predicted octanol–water partition coefficient (Wildman–Crippen LogP) is 4.24. The SMILES string of the molecule is CCOc1cccc(CNC(=O)C(C)Oc2ccc(C)cc2Br)c1. The molecule has 1 unspecified atom stereocenters. The number of aryl methyl sites for hydroxylation is 1. The van der Waals surface area contributed by atoms with Crippen LogP contribution >= 0.6 is 15.9 Å². The van der Waals surface area contributed by atoms with E-state index < -0.39 is 6.10 Å². The van der Waals surface area contributed by atoms with Gasteiger partial charge in [-0.05, 0) is 72.1 Å². The molecule has 5 heteroatoms. The van der Waals surface area contributed by atoms with Crippen LogP contribution < -0.4 is 14.8 Å². The van der Waals surface area contributed by atoms with Crippen LogP contribution in [0.2, 0.25) is 0 Å². The topological polar surface area (TPSA) is 47.6 Å². The third kappa shape index (κ3) is 5.27. The molecule has 0 bridgehead atoms. The Hall–Kier alpha value is -2.01. The van der Waals surface area contributed by atoms with Crippen LogP contribution in [0.15, 0.2) is 46.9 Å². The minimum absolute atomic E-state index is 0.163. The largest absolute Gasteiger partial charge is 0.494 e. The number of amides is 1. The monoisotopic (exact) mass is 391 g/mol. The molecule has 1 N–H and O–H groups in total. The molecular weight excluding hydrogens is 370 g/mol. The molecule has 0 aliphatic carbocycles. The molecule has 0 heterocycles. The molecule has 1 amide bonds. The zero-order valence-electron chi connectivity index (χ0n) is 14.1. The van der Waals surface area contributed by atoms with Crippen LogP contribution in [-0.2, 0) is 11.3 Å². The fourth-order valence-corrected chi connectivity index (χ4v) is 2.78. The van der Waals surface area contributed by atoms with Crippen molar-refractivity contribution in [1.29, 1.82) is 0 Å². The molecule has 0 saturated carbocycles. The third-order valence-corrected chi connectivity index (χ3v) is 4.06. The maximum Gasteiger partial charge on any atom is 0.261 e. The van der Waals surface area contributed by atoms with Gasteiger partial charge >= 0.3 is 0 Å². The summed E-state index contributed by atoms with van der Waals surface area (Å²) in [6.45, 7) is 6.73. The molecule has 4 nitrogen and oxygen atoms in total. The van der Waals surface area contributed by atoms with Crippen LogP contribution in [0, 0.1) is 6.92 Å². The maximum atomic E-state index is 12.2. The zero-order chi connectivity index (χ0) is 17.5. The second-order valence-electron chi connectivity index (χ2n) is 5.49.